The van der Waals surface area contributed by atoms with E-state index in [1.807, 2.05) is 20.2 Å². The fourth-order valence-corrected chi connectivity index (χ4v) is 1.37. The number of nitrogens with zero attached hydrogens (tertiary/aromatic N) is 1. The number of ether oxygens (including phenoxy) is 2. The quantitative estimate of drug-likeness (QED) is 0.308. The van der Waals surface area contributed by atoms with E-state index in [4.69, 9.17) is 9.47 Å². The minimum atomic E-state index is 0.651. The monoisotopic (exact) mass is 267 g/mol. The van der Waals surface area contributed by atoms with Crippen molar-refractivity contribution in [2.75, 3.05) is 47.1 Å². The molecule has 19 heavy (non-hydrogen) atoms. The Balaban J connectivity index is 3.42. The second-order valence-electron chi connectivity index (χ2n) is 4.92. The molecule has 0 spiro atoms. The Morgan fingerprint density at radius 2 is 1.84 bits per heavy atom. The number of likely N-dealkylation sites (N-methyl/N-ethyl adjacent to an activating group) is 1. The summed E-state index contributed by atoms with van der Waals surface area (Å²) < 4.78 is 11.0. The van der Waals surface area contributed by atoms with Crippen LogP contribution >= 0.6 is 0 Å². The minimum absolute atomic E-state index is 0.651. The van der Waals surface area contributed by atoms with Crippen LogP contribution in [0.1, 0.15) is 19.8 Å². The molecule has 0 saturated carbocycles. The molecule has 0 N–H and O–H groups in total. The van der Waals surface area contributed by atoms with E-state index in [-0.39, 0.29) is 0 Å². The van der Waals surface area contributed by atoms with Crippen LogP contribution in [-0.4, -0.2) is 52.0 Å². The first kappa shape index (κ1) is 18.1. The zero-order valence-electron chi connectivity index (χ0n) is 12.8. The molecule has 0 saturated heterocycles. The van der Waals surface area contributed by atoms with Crippen LogP contribution in [-0.2, 0) is 9.47 Å². The topological polar surface area (TPSA) is 21.7 Å². The zero-order chi connectivity index (χ0) is 14.5. The van der Waals surface area contributed by atoms with E-state index in [9.17, 15) is 0 Å². The summed E-state index contributed by atoms with van der Waals surface area (Å²) in [5.41, 5.74) is 2.34. The molecule has 0 amide bonds. The van der Waals surface area contributed by atoms with Gasteiger partial charge in [0.15, 0.2) is 0 Å². The van der Waals surface area contributed by atoms with Gasteiger partial charge in [0.05, 0.1) is 26.4 Å². The van der Waals surface area contributed by atoms with Crippen LogP contribution in [0.4, 0.5) is 0 Å². The van der Waals surface area contributed by atoms with E-state index < -0.39 is 0 Å². The normalized spacial score (nSPS) is 11.9. The first-order valence-electron chi connectivity index (χ1n) is 6.82. The Morgan fingerprint density at radius 1 is 1.16 bits per heavy atom. The molecule has 0 bridgehead atoms. The SMILES string of the molecule is C=CC(=C)CC/C=C(\C)COCCOCCN(C)C. The van der Waals surface area contributed by atoms with Gasteiger partial charge in [0.1, 0.15) is 0 Å². The molecular weight excluding hydrogens is 238 g/mol. The lowest BCUT2D eigenvalue weighted by Gasteiger charge is -2.10. The maximum atomic E-state index is 5.54. The lowest BCUT2D eigenvalue weighted by Crippen LogP contribution is -2.19. The highest BCUT2D eigenvalue weighted by molar-refractivity contribution is 5.12. The van der Waals surface area contributed by atoms with Crippen molar-refractivity contribution in [1.82, 2.24) is 4.90 Å². The molecule has 0 heterocycles. The fraction of sp³-hybridized carbons (Fsp3) is 0.625. The van der Waals surface area contributed by atoms with Crippen LogP contribution in [0.5, 0.6) is 0 Å². The molecule has 0 fully saturated rings. The molecule has 3 heteroatoms. The highest BCUT2D eigenvalue weighted by Gasteiger charge is 1.94. The van der Waals surface area contributed by atoms with Gasteiger partial charge in [-0.1, -0.05) is 36.5 Å². The lowest BCUT2D eigenvalue weighted by molar-refractivity contribution is 0.0504. The maximum absolute atomic E-state index is 5.54. The summed E-state index contributed by atoms with van der Waals surface area (Å²) in [5.74, 6) is 0. The van der Waals surface area contributed by atoms with Gasteiger partial charge in [-0.25, -0.2) is 0 Å². The van der Waals surface area contributed by atoms with Crippen LogP contribution in [0.25, 0.3) is 0 Å². The average Bonchev–Trinajstić information content (AvgIpc) is 2.37. The summed E-state index contributed by atoms with van der Waals surface area (Å²) in [6, 6.07) is 0. The summed E-state index contributed by atoms with van der Waals surface area (Å²) >= 11 is 0. The van der Waals surface area contributed by atoms with Crippen LogP contribution in [0.15, 0.2) is 36.5 Å². The molecule has 0 rings (SSSR count). The van der Waals surface area contributed by atoms with Gasteiger partial charge in [0.25, 0.3) is 0 Å². The van der Waals surface area contributed by atoms with Gasteiger partial charge in [-0.05, 0) is 33.9 Å². The summed E-state index contributed by atoms with van der Waals surface area (Å²) in [6.07, 6.45) is 5.97. The van der Waals surface area contributed by atoms with Gasteiger partial charge in [-0.2, -0.15) is 0 Å². The Bertz CT molecular complexity index is 282. The van der Waals surface area contributed by atoms with Crippen molar-refractivity contribution in [3.05, 3.63) is 36.5 Å². The largest absolute Gasteiger partial charge is 0.378 e. The molecule has 0 aromatic carbocycles. The average molecular weight is 267 g/mol. The first-order chi connectivity index (χ1) is 9.06. The van der Waals surface area contributed by atoms with Gasteiger partial charge < -0.3 is 14.4 Å². The third-order valence-electron chi connectivity index (χ3n) is 2.63. The molecule has 110 valence electrons. The third kappa shape index (κ3) is 13.3. The van der Waals surface area contributed by atoms with E-state index in [0.717, 1.165) is 31.6 Å². The molecule has 3 nitrogen and oxygen atoms in total. The molecule has 0 aromatic rings. The molecular formula is C16H29NO2. The van der Waals surface area contributed by atoms with Crippen molar-refractivity contribution in [2.24, 2.45) is 0 Å². The molecule has 0 aromatic heterocycles. The van der Waals surface area contributed by atoms with Gasteiger partial charge in [0, 0.05) is 6.54 Å². The number of hydrogen-bond donors (Lipinski definition) is 0. The number of rotatable bonds is 12. The van der Waals surface area contributed by atoms with Crippen molar-refractivity contribution < 1.29 is 9.47 Å². The highest BCUT2D eigenvalue weighted by Crippen LogP contribution is 2.06. The minimum Gasteiger partial charge on any atom is -0.378 e. The molecule has 0 radical (unpaired) electrons. The number of allylic oxidation sites excluding steroid dienone is 3. The van der Waals surface area contributed by atoms with Crippen molar-refractivity contribution in [1.29, 1.82) is 0 Å². The zero-order valence-corrected chi connectivity index (χ0v) is 12.8. The van der Waals surface area contributed by atoms with Gasteiger partial charge in [-0.3, -0.25) is 0 Å². The van der Waals surface area contributed by atoms with Gasteiger partial charge in [-0.15, -0.1) is 0 Å². The molecule has 0 atom stereocenters. The maximum Gasteiger partial charge on any atom is 0.0704 e. The van der Waals surface area contributed by atoms with E-state index in [1.165, 1.54) is 5.57 Å². The first-order valence-corrected chi connectivity index (χ1v) is 6.82. The third-order valence-corrected chi connectivity index (χ3v) is 2.63. The lowest BCUT2D eigenvalue weighted by atomic mass is 10.1. The Morgan fingerprint density at radius 3 is 2.47 bits per heavy atom. The molecule has 0 aliphatic carbocycles. The Hall–Kier alpha value is -0.900. The molecule has 0 unspecified atom stereocenters. The smallest absolute Gasteiger partial charge is 0.0704 e. The Kier molecular flexibility index (Phi) is 11.6. The predicted molar refractivity (Wildman–Crippen MR) is 82.5 cm³/mol. The van der Waals surface area contributed by atoms with Crippen LogP contribution < -0.4 is 0 Å². The van der Waals surface area contributed by atoms with Crippen molar-refractivity contribution >= 4 is 0 Å². The highest BCUT2D eigenvalue weighted by atomic mass is 16.5. The van der Waals surface area contributed by atoms with Crippen LogP contribution in [0.2, 0.25) is 0 Å². The van der Waals surface area contributed by atoms with Crippen LogP contribution in [0, 0.1) is 0 Å². The molecule has 0 aliphatic rings. The van der Waals surface area contributed by atoms with E-state index >= 15 is 0 Å². The Labute approximate surface area is 118 Å². The summed E-state index contributed by atoms with van der Waals surface area (Å²) in [5, 5.41) is 0. The van der Waals surface area contributed by atoms with E-state index in [2.05, 4.69) is 31.1 Å². The standard InChI is InChI=1S/C16H29NO2/c1-6-15(2)8-7-9-16(3)14-19-13-12-18-11-10-17(4)5/h6,9H,1-2,7-8,10-14H2,3-5H3/b16-9+. The van der Waals surface area contributed by atoms with Gasteiger partial charge >= 0.3 is 0 Å². The molecule has 0 aliphatic heterocycles. The van der Waals surface area contributed by atoms with Crippen molar-refractivity contribution in [3.63, 3.8) is 0 Å². The second-order valence-corrected chi connectivity index (χ2v) is 4.92. The van der Waals surface area contributed by atoms with E-state index in [1.54, 1.807) is 0 Å². The van der Waals surface area contributed by atoms with Crippen molar-refractivity contribution in [3.8, 4) is 0 Å². The van der Waals surface area contributed by atoms with Gasteiger partial charge in [0.2, 0.25) is 0 Å². The summed E-state index contributed by atoms with van der Waals surface area (Å²) in [6.45, 7) is 13.4. The van der Waals surface area contributed by atoms with E-state index in [0.29, 0.717) is 19.8 Å². The predicted octanol–water partition coefficient (Wildman–Crippen LogP) is 3.05. The summed E-state index contributed by atoms with van der Waals surface area (Å²) in [4.78, 5) is 2.10. The van der Waals surface area contributed by atoms with Crippen LogP contribution in [0.3, 0.4) is 0 Å². The number of hydrogen-bond acceptors (Lipinski definition) is 3. The second kappa shape index (κ2) is 12.2. The summed E-state index contributed by atoms with van der Waals surface area (Å²) in [7, 11) is 4.07. The fourth-order valence-electron chi connectivity index (χ4n) is 1.37. The van der Waals surface area contributed by atoms with Crippen molar-refractivity contribution in [2.45, 2.75) is 19.8 Å².